The van der Waals surface area contributed by atoms with Crippen LogP contribution in [0, 0.1) is 5.82 Å². The Bertz CT molecular complexity index is 729. The molecule has 0 spiro atoms. The van der Waals surface area contributed by atoms with Crippen molar-refractivity contribution in [3.63, 3.8) is 0 Å². The predicted octanol–water partition coefficient (Wildman–Crippen LogP) is 1.20. The summed E-state index contributed by atoms with van der Waals surface area (Å²) < 4.78 is 24.2. The lowest BCUT2D eigenvalue weighted by Gasteiger charge is -2.28. The molecule has 2 amide bonds. The van der Waals surface area contributed by atoms with Crippen molar-refractivity contribution >= 4 is 29.9 Å². The van der Waals surface area contributed by atoms with E-state index in [-0.39, 0.29) is 13.1 Å². The van der Waals surface area contributed by atoms with Crippen molar-refractivity contribution in [2.24, 2.45) is 5.10 Å². The molecule has 26 heavy (non-hydrogen) atoms. The van der Waals surface area contributed by atoms with Crippen molar-refractivity contribution in [3.05, 3.63) is 24.0 Å². The van der Waals surface area contributed by atoms with E-state index in [1.54, 1.807) is 28.4 Å². The van der Waals surface area contributed by atoms with Crippen molar-refractivity contribution in [1.29, 1.82) is 0 Å². The number of rotatable bonds is 4. The minimum Gasteiger partial charge on any atom is -0.453 e. The maximum Gasteiger partial charge on any atom is 0.414 e. The van der Waals surface area contributed by atoms with Crippen molar-refractivity contribution in [2.45, 2.75) is 6.10 Å². The van der Waals surface area contributed by atoms with Gasteiger partial charge in [-0.3, -0.25) is 9.91 Å². The number of halogens is 1. The topological polar surface area (TPSA) is 86.7 Å². The molecule has 2 aliphatic heterocycles. The zero-order chi connectivity index (χ0) is 18.7. The fourth-order valence-corrected chi connectivity index (χ4v) is 2.71. The van der Waals surface area contributed by atoms with Gasteiger partial charge in [0, 0.05) is 13.6 Å². The average molecular weight is 365 g/mol. The van der Waals surface area contributed by atoms with Crippen molar-refractivity contribution < 1.29 is 23.5 Å². The van der Waals surface area contributed by atoms with Gasteiger partial charge in [-0.25, -0.2) is 14.0 Å². The molecule has 0 saturated carbocycles. The lowest BCUT2D eigenvalue weighted by Crippen LogP contribution is -2.36. The molecular weight excluding hydrogens is 345 g/mol. The van der Waals surface area contributed by atoms with Gasteiger partial charge < -0.3 is 19.7 Å². The highest BCUT2D eigenvalue weighted by atomic mass is 19.1. The maximum atomic E-state index is 14.5. The van der Waals surface area contributed by atoms with Gasteiger partial charge in [0.05, 0.1) is 38.1 Å². The van der Waals surface area contributed by atoms with Crippen LogP contribution in [0.25, 0.3) is 0 Å². The number of hydrazone groups is 1. The molecular formula is C16H20FN5O4. The van der Waals surface area contributed by atoms with Gasteiger partial charge in [0.1, 0.15) is 18.3 Å². The zero-order valence-corrected chi connectivity index (χ0v) is 14.5. The second-order valence-electron chi connectivity index (χ2n) is 5.93. The minimum atomic E-state index is -0.608. The Morgan fingerprint density at radius 2 is 2.27 bits per heavy atom. The van der Waals surface area contributed by atoms with Crippen molar-refractivity contribution in [3.8, 4) is 0 Å². The van der Waals surface area contributed by atoms with Gasteiger partial charge in [-0.05, 0) is 18.2 Å². The summed E-state index contributed by atoms with van der Waals surface area (Å²) in [5.41, 5.74) is 0.782. The Labute approximate surface area is 149 Å². The normalized spacial score (nSPS) is 19.6. The molecule has 1 aromatic rings. The lowest BCUT2D eigenvalue weighted by atomic mass is 10.2. The number of nitrogens with one attached hydrogen (secondary N) is 1. The number of amides is 2. The number of ether oxygens (including phenoxy) is 2. The zero-order valence-electron chi connectivity index (χ0n) is 14.5. The quantitative estimate of drug-likeness (QED) is 0.863. The smallest absolute Gasteiger partial charge is 0.414 e. The fraction of sp³-hybridized carbons (Fsp3) is 0.438. The molecule has 1 saturated heterocycles. The molecule has 140 valence electrons. The molecule has 9 nitrogen and oxygen atoms in total. The summed E-state index contributed by atoms with van der Waals surface area (Å²) in [6, 6.07) is 4.55. The first-order chi connectivity index (χ1) is 12.5. The number of likely N-dealkylation sites (N-methyl/N-ethyl adjacent to an activating group) is 1. The number of nitrogens with zero attached hydrogens (tertiary/aromatic N) is 4. The lowest BCUT2D eigenvalue weighted by molar-refractivity contribution is 0.132. The Morgan fingerprint density at radius 3 is 2.92 bits per heavy atom. The molecule has 0 aliphatic carbocycles. The number of alkyl carbamates (subject to hydrolysis) is 1. The average Bonchev–Trinajstić information content (AvgIpc) is 3.01. The Morgan fingerprint density at radius 1 is 1.46 bits per heavy atom. The molecule has 1 aromatic carbocycles. The molecule has 0 aromatic heterocycles. The summed E-state index contributed by atoms with van der Waals surface area (Å²) >= 11 is 0. The number of methoxy groups -OCH3 is 1. The van der Waals surface area contributed by atoms with Crippen LogP contribution in [0.15, 0.2) is 23.3 Å². The van der Waals surface area contributed by atoms with E-state index in [9.17, 15) is 14.0 Å². The summed E-state index contributed by atoms with van der Waals surface area (Å²) in [6.45, 7) is 1.62. The highest BCUT2D eigenvalue weighted by Gasteiger charge is 2.33. The van der Waals surface area contributed by atoms with E-state index in [0.29, 0.717) is 24.5 Å². The number of carbonyl (C=O) groups excluding carboxylic acids is 2. The van der Waals surface area contributed by atoms with Crippen LogP contribution in [0.1, 0.15) is 0 Å². The molecule has 0 unspecified atom stereocenters. The molecule has 1 atom stereocenters. The monoisotopic (exact) mass is 365 g/mol. The van der Waals surface area contributed by atoms with Crippen molar-refractivity contribution in [2.75, 3.05) is 50.1 Å². The Hall–Kier alpha value is -3.04. The number of hydrogen-bond acceptors (Lipinski definition) is 7. The number of hydrogen-bond donors (Lipinski definition) is 1. The summed E-state index contributed by atoms with van der Waals surface area (Å²) in [4.78, 5) is 26.2. The van der Waals surface area contributed by atoms with Crippen LogP contribution in [0.5, 0.6) is 0 Å². The van der Waals surface area contributed by atoms with Gasteiger partial charge in [-0.15, -0.1) is 0 Å². The second-order valence-corrected chi connectivity index (χ2v) is 5.93. The van der Waals surface area contributed by atoms with E-state index < -0.39 is 24.1 Å². The van der Waals surface area contributed by atoms with Crippen LogP contribution in [-0.2, 0) is 9.47 Å². The molecule has 1 fully saturated rings. The highest BCUT2D eigenvalue weighted by Crippen LogP contribution is 2.28. The van der Waals surface area contributed by atoms with E-state index in [0.717, 1.165) is 0 Å². The Kier molecular flexibility index (Phi) is 5.10. The third kappa shape index (κ3) is 3.79. The van der Waals surface area contributed by atoms with Gasteiger partial charge in [-0.2, -0.15) is 5.10 Å². The summed E-state index contributed by atoms with van der Waals surface area (Å²) in [6.07, 6.45) is -0.159. The molecule has 2 heterocycles. The minimum absolute atomic E-state index is 0.118. The van der Waals surface area contributed by atoms with Gasteiger partial charge in [0.2, 0.25) is 0 Å². The first-order valence-electron chi connectivity index (χ1n) is 8.09. The second kappa shape index (κ2) is 7.46. The first-order valence-corrected chi connectivity index (χ1v) is 8.09. The van der Waals surface area contributed by atoms with Crippen LogP contribution in [0.2, 0.25) is 0 Å². The first kappa shape index (κ1) is 17.8. The largest absolute Gasteiger partial charge is 0.453 e. The Balaban J connectivity index is 1.68. The third-order valence-electron chi connectivity index (χ3n) is 4.14. The fourth-order valence-electron chi connectivity index (χ4n) is 2.71. The summed E-state index contributed by atoms with van der Waals surface area (Å²) in [7, 11) is 3.09. The SMILES string of the molecule is COC(=O)NC[C@H]1CN(c2ccc(N3C=NN(C)CC3)c(F)c2)C(=O)O1. The van der Waals surface area contributed by atoms with E-state index in [1.165, 1.54) is 18.1 Å². The molecule has 10 heteroatoms. The number of cyclic esters (lactones) is 1. The van der Waals surface area contributed by atoms with Gasteiger partial charge in [0.15, 0.2) is 0 Å². The molecule has 2 aliphatic rings. The molecule has 3 rings (SSSR count). The maximum absolute atomic E-state index is 14.5. The number of carbonyl (C=O) groups is 2. The van der Waals surface area contributed by atoms with Crippen molar-refractivity contribution in [1.82, 2.24) is 10.3 Å². The van der Waals surface area contributed by atoms with Gasteiger partial charge in [0.25, 0.3) is 0 Å². The molecule has 0 radical (unpaired) electrons. The van der Waals surface area contributed by atoms with Crippen LogP contribution < -0.4 is 15.1 Å². The molecule has 0 bridgehead atoms. The summed E-state index contributed by atoms with van der Waals surface area (Å²) in [5, 5.41) is 8.37. The van der Waals surface area contributed by atoms with Gasteiger partial charge >= 0.3 is 12.2 Å². The number of anilines is 2. The van der Waals surface area contributed by atoms with Crippen LogP contribution in [-0.4, -0.2) is 70.0 Å². The predicted molar refractivity (Wildman–Crippen MR) is 92.9 cm³/mol. The van der Waals surface area contributed by atoms with Crippen LogP contribution in [0.4, 0.5) is 25.4 Å². The highest BCUT2D eigenvalue weighted by molar-refractivity contribution is 5.90. The standard InChI is InChI=1S/C16H20FN5O4/c1-20-5-6-21(10-19-20)14-4-3-11(7-13(14)17)22-9-12(26-16(22)24)8-18-15(23)25-2/h3-4,7,10,12H,5-6,8-9H2,1-2H3,(H,18,23)/t12-/m0/s1. The van der Waals surface area contributed by atoms with E-state index in [4.69, 9.17) is 4.74 Å². The summed E-state index contributed by atoms with van der Waals surface area (Å²) in [5.74, 6) is -0.456. The van der Waals surface area contributed by atoms with Gasteiger partial charge in [-0.1, -0.05) is 0 Å². The van der Waals surface area contributed by atoms with E-state index in [1.807, 2.05) is 7.05 Å². The molecule has 1 N–H and O–H groups in total. The van der Waals surface area contributed by atoms with Crippen LogP contribution >= 0.6 is 0 Å². The van der Waals surface area contributed by atoms with E-state index >= 15 is 0 Å². The van der Waals surface area contributed by atoms with Crippen LogP contribution in [0.3, 0.4) is 0 Å². The van der Waals surface area contributed by atoms with E-state index in [2.05, 4.69) is 15.2 Å². The third-order valence-corrected chi connectivity index (χ3v) is 4.14. The number of benzene rings is 1.